The number of carbonyl (C=O) groups is 2. The van der Waals surface area contributed by atoms with E-state index in [4.69, 9.17) is 11.6 Å². The van der Waals surface area contributed by atoms with Crippen LogP contribution in [-0.4, -0.2) is 27.2 Å². The van der Waals surface area contributed by atoms with E-state index in [0.29, 0.717) is 16.1 Å². The van der Waals surface area contributed by atoms with Crippen LogP contribution in [0.1, 0.15) is 29.0 Å². The monoisotopic (exact) mass is 452 g/mol. The van der Waals surface area contributed by atoms with Gasteiger partial charge in [-0.2, -0.15) is 0 Å². The highest BCUT2D eigenvalue weighted by Gasteiger charge is 2.45. The Labute approximate surface area is 190 Å². The van der Waals surface area contributed by atoms with E-state index in [1.807, 2.05) is 24.3 Å². The maximum atomic E-state index is 13.5. The molecule has 0 spiro atoms. The molecule has 1 fully saturated rings. The molecule has 2 atom stereocenters. The minimum absolute atomic E-state index is 0.234. The molecule has 4 rings (SSSR count). The standard InChI is InChI=1S/C24H21ClN2O3S/c1-16-21(28)27(22(31-16)17-12-14-20(25)15-13-17)26-23(29)24(30,18-8-4-2-5-9-18)19-10-6-3-7-11-19/h2-16,22,30H,1H3,(H,26,29). The molecular formula is C24H21ClN2O3S. The summed E-state index contributed by atoms with van der Waals surface area (Å²) in [6.45, 7) is 1.79. The summed E-state index contributed by atoms with van der Waals surface area (Å²) < 4.78 is 0. The predicted octanol–water partition coefficient (Wildman–Crippen LogP) is 4.27. The Morgan fingerprint density at radius 3 is 2.00 bits per heavy atom. The first-order chi connectivity index (χ1) is 14.9. The molecule has 0 bridgehead atoms. The number of hydrogen-bond acceptors (Lipinski definition) is 4. The molecule has 3 aromatic rings. The van der Waals surface area contributed by atoms with Gasteiger partial charge in [0.05, 0.1) is 5.25 Å². The second-order valence-corrected chi connectivity index (χ2v) is 9.14. The molecule has 1 saturated heterocycles. The molecule has 0 aromatic heterocycles. The second-order valence-electron chi connectivity index (χ2n) is 7.27. The van der Waals surface area contributed by atoms with Crippen LogP contribution in [0.25, 0.3) is 0 Å². The first-order valence-corrected chi connectivity index (χ1v) is 11.1. The van der Waals surface area contributed by atoms with Crippen LogP contribution in [-0.2, 0) is 15.2 Å². The van der Waals surface area contributed by atoms with Gasteiger partial charge in [0.1, 0.15) is 5.37 Å². The summed E-state index contributed by atoms with van der Waals surface area (Å²) in [7, 11) is 0. The van der Waals surface area contributed by atoms with Gasteiger partial charge in [-0.1, -0.05) is 84.4 Å². The lowest BCUT2D eigenvalue weighted by molar-refractivity contribution is -0.149. The molecule has 7 heteroatoms. The molecule has 1 aliphatic heterocycles. The van der Waals surface area contributed by atoms with Crippen LogP contribution in [0.3, 0.4) is 0 Å². The van der Waals surface area contributed by atoms with Crippen molar-refractivity contribution < 1.29 is 14.7 Å². The maximum Gasteiger partial charge on any atom is 0.279 e. The van der Waals surface area contributed by atoms with Crippen LogP contribution in [0.15, 0.2) is 84.9 Å². The largest absolute Gasteiger partial charge is 0.372 e. The van der Waals surface area contributed by atoms with Crippen molar-refractivity contribution in [3.8, 4) is 0 Å². The minimum Gasteiger partial charge on any atom is -0.372 e. The normalized spacial score (nSPS) is 18.8. The fraction of sp³-hybridized carbons (Fsp3) is 0.167. The van der Waals surface area contributed by atoms with Crippen LogP contribution >= 0.6 is 23.4 Å². The van der Waals surface area contributed by atoms with Gasteiger partial charge in [-0.15, -0.1) is 11.8 Å². The number of carbonyl (C=O) groups excluding carboxylic acids is 2. The molecule has 1 heterocycles. The number of thioether (sulfide) groups is 1. The van der Waals surface area contributed by atoms with Crippen molar-refractivity contribution in [1.82, 2.24) is 10.4 Å². The van der Waals surface area contributed by atoms with Crippen LogP contribution < -0.4 is 5.43 Å². The Morgan fingerprint density at radius 2 is 1.48 bits per heavy atom. The van der Waals surface area contributed by atoms with Crippen LogP contribution in [0.2, 0.25) is 5.02 Å². The van der Waals surface area contributed by atoms with E-state index >= 15 is 0 Å². The summed E-state index contributed by atoms with van der Waals surface area (Å²) in [5, 5.41) is 12.8. The summed E-state index contributed by atoms with van der Waals surface area (Å²) in [5.74, 6) is -0.936. The molecule has 0 aliphatic carbocycles. The maximum absolute atomic E-state index is 13.5. The molecule has 2 unspecified atom stereocenters. The first-order valence-electron chi connectivity index (χ1n) is 9.80. The molecular weight excluding hydrogens is 432 g/mol. The average Bonchev–Trinajstić information content (AvgIpc) is 3.08. The quantitative estimate of drug-likeness (QED) is 0.606. The highest BCUT2D eigenvalue weighted by molar-refractivity contribution is 8.01. The summed E-state index contributed by atoms with van der Waals surface area (Å²) in [6, 6.07) is 24.5. The second kappa shape index (κ2) is 8.75. The number of hydrazine groups is 1. The molecule has 1 aliphatic rings. The van der Waals surface area contributed by atoms with E-state index in [9.17, 15) is 14.7 Å². The zero-order valence-electron chi connectivity index (χ0n) is 16.7. The van der Waals surface area contributed by atoms with Gasteiger partial charge in [0, 0.05) is 5.02 Å². The Hall–Kier alpha value is -2.80. The lowest BCUT2D eigenvalue weighted by atomic mass is 9.85. The number of nitrogens with one attached hydrogen (secondary N) is 1. The Kier molecular flexibility index (Phi) is 6.05. The number of halogens is 1. The molecule has 2 amide bonds. The first kappa shape index (κ1) is 21.4. The number of benzene rings is 3. The average molecular weight is 453 g/mol. The van der Waals surface area contributed by atoms with Gasteiger partial charge in [0.15, 0.2) is 5.60 Å². The van der Waals surface area contributed by atoms with Crippen molar-refractivity contribution in [2.24, 2.45) is 0 Å². The van der Waals surface area contributed by atoms with Gasteiger partial charge < -0.3 is 5.11 Å². The molecule has 5 nitrogen and oxygen atoms in total. The zero-order valence-corrected chi connectivity index (χ0v) is 18.3. The van der Waals surface area contributed by atoms with Crippen molar-refractivity contribution >= 4 is 35.2 Å². The third kappa shape index (κ3) is 4.06. The molecule has 31 heavy (non-hydrogen) atoms. The van der Waals surface area contributed by atoms with Gasteiger partial charge >= 0.3 is 0 Å². The van der Waals surface area contributed by atoms with E-state index in [2.05, 4.69) is 5.43 Å². The number of hydrogen-bond donors (Lipinski definition) is 2. The Morgan fingerprint density at radius 1 is 0.968 bits per heavy atom. The highest BCUT2D eigenvalue weighted by atomic mass is 35.5. The van der Waals surface area contributed by atoms with Crippen molar-refractivity contribution in [2.45, 2.75) is 23.1 Å². The Balaban J connectivity index is 1.70. The van der Waals surface area contributed by atoms with Gasteiger partial charge in [0.25, 0.3) is 11.8 Å². The van der Waals surface area contributed by atoms with Crippen LogP contribution in [0, 0.1) is 0 Å². The third-order valence-electron chi connectivity index (χ3n) is 5.24. The van der Waals surface area contributed by atoms with Crippen LogP contribution in [0.5, 0.6) is 0 Å². The molecule has 158 valence electrons. The van der Waals surface area contributed by atoms with E-state index < -0.39 is 16.9 Å². The van der Waals surface area contributed by atoms with Gasteiger partial charge in [0.2, 0.25) is 0 Å². The van der Waals surface area contributed by atoms with E-state index in [0.717, 1.165) is 5.56 Å². The topological polar surface area (TPSA) is 69.6 Å². The molecule has 0 saturated carbocycles. The van der Waals surface area contributed by atoms with E-state index in [1.165, 1.54) is 16.8 Å². The number of nitrogens with zero attached hydrogens (tertiary/aromatic N) is 1. The molecule has 0 radical (unpaired) electrons. The summed E-state index contributed by atoms with van der Waals surface area (Å²) in [6.07, 6.45) is 0. The number of amides is 2. The fourth-order valence-corrected chi connectivity index (χ4v) is 4.91. The number of rotatable bonds is 5. The van der Waals surface area contributed by atoms with Crippen molar-refractivity contribution in [3.05, 3.63) is 107 Å². The highest BCUT2D eigenvalue weighted by Crippen LogP contribution is 2.42. The lowest BCUT2D eigenvalue weighted by Gasteiger charge is -2.32. The summed E-state index contributed by atoms with van der Waals surface area (Å²) in [5.41, 5.74) is 2.38. The molecule has 2 N–H and O–H groups in total. The summed E-state index contributed by atoms with van der Waals surface area (Å²) >= 11 is 7.42. The number of aliphatic hydroxyl groups is 1. The predicted molar refractivity (Wildman–Crippen MR) is 122 cm³/mol. The van der Waals surface area contributed by atoms with Gasteiger partial charge in [-0.25, -0.2) is 5.01 Å². The van der Waals surface area contributed by atoms with Gasteiger partial charge in [-0.3, -0.25) is 15.0 Å². The van der Waals surface area contributed by atoms with Crippen molar-refractivity contribution in [3.63, 3.8) is 0 Å². The smallest absolute Gasteiger partial charge is 0.279 e. The lowest BCUT2D eigenvalue weighted by Crippen LogP contribution is -2.53. The SMILES string of the molecule is CC1SC(c2ccc(Cl)cc2)N(NC(=O)C(O)(c2ccccc2)c2ccccc2)C1=O. The minimum atomic E-state index is -1.97. The zero-order chi connectivity index (χ0) is 22.0. The van der Waals surface area contributed by atoms with Crippen LogP contribution in [0.4, 0.5) is 0 Å². The molecule has 3 aromatic carbocycles. The van der Waals surface area contributed by atoms with Crippen molar-refractivity contribution in [1.29, 1.82) is 0 Å². The summed E-state index contributed by atoms with van der Waals surface area (Å²) in [4.78, 5) is 26.4. The Bertz CT molecular complexity index is 1040. The van der Waals surface area contributed by atoms with Gasteiger partial charge in [-0.05, 0) is 35.7 Å². The fourth-order valence-electron chi connectivity index (χ4n) is 3.57. The van der Waals surface area contributed by atoms with Crippen molar-refractivity contribution in [2.75, 3.05) is 0 Å². The third-order valence-corrected chi connectivity index (χ3v) is 6.84. The van der Waals surface area contributed by atoms with E-state index in [-0.39, 0.29) is 11.2 Å². The van der Waals surface area contributed by atoms with E-state index in [1.54, 1.807) is 67.6 Å².